The lowest BCUT2D eigenvalue weighted by atomic mass is 10.2. The van der Waals surface area contributed by atoms with Crippen LogP contribution >= 0.6 is 0 Å². The smallest absolute Gasteiger partial charge is 0.307 e. The van der Waals surface area contributed by atoms with Crippen molar-refractivity contribution in [3.05, 3.63) is 30.3 Å². The van der Waals surface area contributed by atoms with E-state index in [-0.39, 0.29) is 30.9 Å². The maximum atomic E-state index is 12.5. The highest BCUT2D eigenvalue weighted by atomic mass is 16.5. The lowest BCUT2D eigenvalue weighted by molar-refractivity contribution is -0.142. The molecule has 1 fully saturated rings. The van der Waals surface area contributed by atoms with Crippen molar-refractivity contribution in [1.82, 2.24) is 4.90 Å². The van der Waals surface area contributed by atoms with Gasteiger partial charge in [0.15, 0.2) is 6.61 Å². The summed E-state index contributed by atoms with van der Waals surface area (Å²) in [6.07, 6.45) is 4.49. The van der Waals surface area contributed by atoms with Crippen LogP contribution in [0.3, 0.4) is 0 Å². The molecule has 22 heavy (non-hydrogen) atoms. The second kappa shape index (κ2) is 8.41. The highest BCUT2D eigenvalue weighted by Gasteiger charge is 2.27. The number of para-hydroxylation sites is 1. The van der Waals surface area contributed by atoms with Gasteiger partial charge in [-0.1, -0.05) is 31.0 Å². The standard InChI is InChI=1S/C17H23NO4/c1-21-17(20)11-12-18(14-7-5-6-8-14)16(19)13-22-15-9-3-2-4-10-15/h2-4,9-10,14H,5-8,11-13H2,1H3. The molecule has 0 aromatic heterocycles. The van der Waals surface area contributed by atoms with Gasteiger partial charge in [-0.3, -0.25) is 9.59 Å². The molecule has 0 bridgehead atoms. The maximum Gasteiger partial charge on any atom is 0.307 e. The monoisotopic (exact) mass is 305 g/mol. The van der Waals surface area contributed by atoms with Crippen molar-refractivity contribution < 1.29 is 19.1 Å². The minimum Gasteiger partial charge on any atom is -0.484 e. The van der Waals surface area contributed by atoms with Crippen LogP contribution in [0.5, 0.6) is 5.75 Å². The number of rotatable bonds is 7. The first kappa shape index (κ1) is 16.3. The Kier molecular flexibility index (Phi) is 6.25. The number of esters is 1. The molecule has 120 valence electrons. The molecule has 1 aliphatic carbocycles. The lowest BCUT2D eigenvalue weighted by Gasteiger charge is -2.28. The van der Waals surface area contributed by atoms with E-state index in [1.165, 1.54) is 7.11 Å². The third-order valence-electron chi connectivity index (χ3n) is 3.98. The number of hydrogen-bond donors (Lipinski definition) is 0. The molecule has 0 saturated heterocycles. The highest BCUT2D eigenvalue weighted by molar-refractivity contribution is 5.79. The summed E-state index contributed by atoms with van der Waals surface area (Å²) in [5.74, 6) is 0.314. The molecule has 0 atom stereocenters. The van der Waals surface area contributed by atoms with E-state index in [0.717, 1.165) is 25.7 Å². The maximum absolute atomic E-state index is 12.5. The zero-order valence-electron chi connectivity index (χ0n) is 13.0. The number of carbonyl (C=O) groups is 2. The molecule has 0 aliphatic heterocycles. The van der Waals surface area contributed by atoms with Crippen LogP contribution in [-0.2, 0) is 14.3 Å². The van der Waals surface area contributed by atoms with E-state index in [2.05, 4.69) is 4.74 Å². The summed E-state index contributed by atoms with van der Waals surface area (Å²) in [7, 11) is 1.36. The highest BCUT2D eigenvalue weighted by Crippen LogP contribution is 2.24. The molecule has 0 radical (unpaired) electrons. The van der Waals surface area contributed by atoms with Gasteiger partial charge in [0, 0.05) is 12.6 Å². The quantitative estimate of drug-likeness (QED) is 0.726. The Labute approximate surface area is 131 Å². The van der Waals surface area contributed by atoms with E-state index in [1.807, 2.05) is 30.3 Å². The Morgan fingerprint density at radius 2 is 1.86 bits per heavy atom. The second-order valence-corrected chi connectivity index (χ2v) is 5.45. The van der Waals surface area contributed by atoms with Gasteiger partial charge in [-0.2, -0.15) is 0 Å². The van der Waals surface area contributed by atoms with Gasteiger partial charge < -0.3 is 14.4 Å². The van der Waals surface area contributed by atoms with E-state index in [0.29, 0.717) is 12.3 Å². The number of hydrogen-bond acceptors (Lipinski definition) is 4. The van der Waals surface area contributed by atoms with E-state index in [4.69, 9.17) is 4.74 Å². The molecule has 0 unspecified atom stereocenters. The predicted octanol–water partition coefficient (Wildman–Crippen LogP) is 2.40. The van der Waals surface area contributed by atoms with E-state index >= 15 is 0 Å². The van der Waals surface area contributed by atoms with Crippen LogP contribution in [0.25, 0.3) is 0 Å². The summed E-state index contributed by atoms with van der Waals surface area (Å²) in [5, 5.41) is 0. The third-order valence-corrected chi connectivity index (χ3v) is 3.98. The minimum absolute atomic E-state index is 0.00167. The Bertz CT molecular complexity index is 483. The Morgan fingerprint density at radius 1 is 1.18 bits per heavy atom. The first-order valence-corrected chi connectivity index (χ1v) is 7.75. The van der Waals surface area contributed by atoms with Crippen molar-refractivity contribution in [1.29, 1.82) is 0 Å². The summed E-state index contributed by atoms with van der Waals surface area (Å²) in [6, 6.07) is 9.49. The Hall–Kier alpha value is -2.04. The molecule has 1 amide bonds. The van der Waals surface area contributed by atoms with Crippen LogP contribution in [0.1, 0.15) is 32.1 Å². The Balaban J connectivity index is 1.91. The van der Waals surface area contributed by atoms with Gasteiger partial charge in [0.25, 0.3) is 5.91 Å². The molecule has 1 aliphatic rings. The largest absolute Gasteiger partial charge is 0.484 e. The minimum atomic E-state index is -0.292. The number of ether oxygens (including phenoxy) is 2. The topological polar surface area (TPSA) is 55.8 Å². The summed E-state index contributed by atoms with van der Waals surface area (Å²) in [4.78, 5) is 25.6. The molecule has 0 spiro atoms. The van der Waals surface area contributed by atoms with Crippen molar-refractivity contribution >= 4 is 11.9 Å². The fourth-order valence-electron chi connectivity index (χ4n) is 2.79. The summed E-state index contributed by atoms with van der Waals surface area (Å²) >= 11 is 0. The van der Waals surface area contributed by atoms with Gasteiger partial charge in [-0.15, -0.1) is 0 Å². The van der Waals surface area contributed by atoms with E-state index in [1.54, 1.807) is 4.90 Å². The normalized spacial score (nSPS) is 14.6. The molecule has 0 N–H and O–H groups in total. The summed E-state index contributed by atoms with van der Waals surface area (Å²) in [6.45, 7) is 0.399. The molecule has 2 rings (SSSR count). The van der Waals surface area contributed by atoms with Crippen molar-refractivity contribution in [3.63, 3.8) is 0 Å². The van der Waals surface area contributed by atoms with Crippen LogP contribution in [0, 0.1) is 0 Å². The lowest BCUT2D eigenvalue weighted by Crippen LogP contribution is -2.42. The number of benzene rings is 1. The average Bonchev–Trinajstić information content (AvgIpc) is 3.08. The predicted molar refractivity (Wildman–Crippen MR) is 82.5 cm³/mol. The number of nitrogens with zero attached hydrogens (tertiary/aromatic N) is 1. The molecular formula is C17H23NO4. The van der Waals surface area contributed by atoms with Crippen molar-refractivity contribution in [2.45, 2.75) is 38.1 Å². The van der Waals surface area contributed by atoms with Gasteiger partial charge in [0.2, 0.25) is 0 Å². The third kappa shape index (κ3) is 4.76. The molecule has 5 nitrogen and oxygen atoms in total. The van der Waals surface area contributed by atoms with Crippen molar-refractivity contribution in [2.24, 2.45) is 0 Å². The average molecular weight is 305 g/mol. The summed E-state index contributed by atoms with van der Waals surface area (Å²) < 4.78 is 10.2. The fraction of sp³-hybridized carbons (Fsp3) is 0.529. The molecule has 1 aromatic carbocycles. The van der Waals surface area contributed by atoms with Gasteiger partial charge in [-0.05, 0) is 25.0 Å². The Morgan fingerprint density at radius 3 is 2.50 bits per heavy atom. The first-order valence-electron chi connectivity index (χ1n) is 7.75. The van der Waals surface area contributed by atoms with Crippen LogP contribution in [0.2, 0.25) is 0 Å². The number of methoxy groups -OCH3 is 1. The first-order chi connectivity index (χ1) is 10.7. The van der Waals surface area contributed by atoms with Gasteiger partial charge in [-0.25, -0.2) is 0 Å². The van der Waals surface area contributed by atoms with E-state index < -0.39 is 0 Å². The van der Waals surface area contributed by atoms with Gasteiger partial charge in [0.1, 0.15) is 5.75 Å². The van der Waals surface area contributed by atoms with Crippen LogP contribution in [0.4, 0.5) is 0 Å². The van der Waals surface area contributed by atoms with E-state index in [9.17, 15) is 9.59 Å². The van der Waals surface area contributed by atoms with Gasteiger partial charge >= 0.3 is 5.97 Å². The second-order valence-electron chi connectivity index (χ2n) is 5.45. The number of amides is 1. The molecule has 5 heteroatoms. The van der Waals surface area contributed by atoms with Crippen molar-refractivity contribution in [2.75, 3.05) is 20.3 Å². The fourth-order valence-corrected chi connectivity index (χ4v) is 2.79. The zero-order chi connectivity index (χ0) is 15.8. The SMILES string of the molecule is COC(=O)CCN(C(=O)COc1ccccc1)C1CCCC1. The number of carbonyl (C=O) groups excluding carboxylic acids is 2. The van der Waals surface area contributed by atoms with Crippen LogP contribution < -0.4 is 4.74 Å². The molecular weight excluding hydrogens is 282 g/mol. The van der Waals surface area contributed by atoms with Gasteiger partial charge in [0.05, 0.1) is 13.5 Å². The summed E-state index contributed by atoms with van der Waals surface area (Å²) in [5.41, 5.74) is 0. The van der Waals surface area contributed by atoms with Crippen LogP contribution in [-0.4, -0.2) is 43.1 Å². The van der Waals surface area contributed by atoms with Crippen LogP contribution in [0.15, 0.2) is 30.3 Å². The molecule has 0 heterocycles. The van der Waals surface area contributed by atoms with Crippen molar-refractivity contribution in [3.8, 4) is 5.75 Å². The molecule has 1 aromatic rings. The molecule has 1 saturated carbocycles. The zero-order valence-corrected chi connectivity index (χ0v) is 13.0.